The highest BCUT2D eigenvalue weighted by atomic mass is 32.1. The summed E-state index contributed by atoms with van der Waals surface area (Å²) < 4.78 is 8.94. The van der Waals surface area contributed by atoms with Gasteiger partial charge in [0.25, 0.3) is 0 Å². The number of fused-ring (bicyclic) bond motifs is 10. The van der Waals surface area contributed by atoms with Crippen LogP contribution in [-0.4, -0.2) is 11.7 Å². The van der Waals surface area contributed by atoms with Gasteiger partial charge in [0.1, 0.15) is 23.2 Å². The number of aliphatic imine (C=N–C) groups is 2. The zero-order valence-electron chi connectivity index (χ0n) is 27.9. The molecule has 1 aliphatic heterocycles. The Morgan fingerprint density at radius 1 is 0.538 bits per heavy atom. The van der Waals surface area contributed by atoms with Gasteiger partial charge in [-0.05, 0) is 68.6 Å². The molecule has 4 nitrogen and oxygen atoms in total. The third kappa shape index (κ3) is 4.60. The molecule has 0 saturated carbocycles. The molecule has 0 aliphatic carbocycles. The maximum absolute atomic E-state index is 6.58. The summed E-state index contributed by atoms with van der Waals surface area (Å²) in [5.41, 5.74) is 7.17. The van der Waals surface area contributed by atoms with E-state index in [0.717, 1.165) is 65.7 Å². The topological polar surface area (TPSA) is 49.9 Å². The lowest BCUT2D eigenvalue weighted by Gasteiger charge is -2.24. The molecule has 1 aliphatic rings. The summed E-state index contributed by atoms with van der Waals surface area (Å²) in [6.45, 7) is 0. The minimum absolute atomic E-state index is 0.317. The van der Waals surface area contributed by atoms with Gasteiger partial charge in [-0.1, -0.05) is 133 Å². The highest BCUT2D eigenvalue weighted by Gasteiger charge is 2.26. The predicted octanol–water partition coefficient (Wildman–Crippen LogP) is 12.4. The molecule has 1 N–H and O–H groups in total. The zero-order chi connectivity index (χ0) is 34.2. The van der Waals surface area contributed by atoms with E-state index in [9.17, 15) is 0 Å². The molecule has 1 atom stereocenters. The van der Waals surface area contributed by atoms with Gasteiger partial charge in [-0.3, -0.25) is 0 Å². The van der Waals surface area contributed by atoms with Crippen LogP contribution in [0.25, 0.3) is 74.8 Å². The molecule has 0 fully saturated rings. The Kier molecular flexibility index (Phi) is 6.45. The van der Waals surface area contributed by atoms with Gasteiger partial charge in [-0.2, -0.15) is 0 Å². The molecule has 0 radical (unpaired) electrons. The Balaban J connectivity index is 1.10. The fraction of sp³-hybridized carbons (Fsp3) is 0.0213. The standard InChI is InChI=1S/C47H29N3OS/c1-2-12-29(13-3-1)45-48-46(33-15-10-14-30(26-33)31-23-24-35-32(25-31)22-21-28-11-4-5-16-34(28)35)50-47(49-45)39-27-38-36-17-6-8-19-40(36)51-43(38)42-37-18-7-9-20-41(37)52-44(39)42/h1-27,45H,(H,48,49,50). The van der Waals surface area contributed by atoms with Crippen molar-refractivity contribution in [2.75, 3.05) is 0 Å². The second kappa shape index (κ2) is 11.5. The molecule has 8 aromatic carbocycles. The molecule has 0 bridgehead atoms. The molecule has 10 aromatic rings. The third-order valence-electron chi connectivity index (χ3n) is 10.3. The summed E-state index contributed by atoms with van der Waals surface area (Å²) in [7, 11) is 0. The number of nitrogens with zero attached hydrogens (tertiary/aromatic N) is 2. The average Bonchev–Trinajstić information content (AvgIpc) is 3.79. The van der Waals surface area contributed by atoms with E-state index in [1.54, 1.807) is 11.3 Å². The number of furan rings is 1. The Bertz CT molecular complexity index is 3120. The van der Waals surface area contributed by atoms with Gasteiger partial charge in [0.2, 0.25) is 0 Å². The molecule has 2 aromatic heterocycles. The van der Waals surface area contributed by atoms with Crippen molar-refractivity contribution in [3.8, 4) is 11.1 Å². The van der Waals surface area contributed by atoms with E-state index in [4.69, 9.17) is 14.4 Å². The first-order valence-electron chi connectivity index (χ1n) is 17.5. The Morgan fingerprint density at radius 2 is 1.27 bits per heavy atom. The molecule has 0 amide bonds. The van der Waals surface area contributed by atoms with Crippen molar-refractivity contribution in [1.29, 1.82) is 0 Å². The van der Waals surface area contributed by atoms with Crippen LogP contribution < -0.4 is 5.32 Å². The Morgan fingerprint density at radius 3 is 2.19 bits per heavy atom. The fourth-order valence-electron chi connectivity index (χ4n) is 7.79. The summed E-state index contributed by atoms with van der Waals surface area (Å²) in [4.78, 5) is 10.6. The normalized spacial score (nSPS) is 14.7. The van der Waals surface area contributed by atoms with E-state index in [1.807, 2.05) is 18.2 Å². The highest BCUT2D eigenvalue weighted by Crippen LogP contribution is 2.44. The van der Waals surface area contributed by atoms with Crippen LogP contribution in [0.1, 0.15) is 22.9 Å². The molecule has 52 heavy (non-hydrogen) atoms. The zero-order valence-corrected chi connectivity index (χ0v) is 28.7. The van der Waals surface area contributed by atoms with Gasteiger partial charge in [0.15, 0.2) is 5.84 Å². The molecule has 0 saturated heterocycles. The minimum Gasteiger partial charge on any atom is -0.455 e. The molecule has 1 unspecified atom stereocenters. The van der Waals surface area contributed by atoms with E-state index >= 15 is 0 Å². The maximum atomic E-state index is 6.58. The molecule has 0 spiro atoms. The van der Waals surface area contributed by atoms with Crippen LogP contribution >= 0.6 is 11.3 Å². The number of hydrogen-bond donors (Lipinski definition) is 1. The summed E-state index contributed by atoms with van der Waals surface area (Å²) in [5, 5.41) is 13.2. The summed E-state index contributed by atoms with van der Waals surface area (Å²) >= 11 is 1.78. The maximum Gasteiger partial charge on any atom is 0.159 e. The van der Waals surface area contributed by atoms with Crippen molar-refractivity contribution in [3.05, 3.63) is 180 Å². The van der Waals surface area contributed by atoms with Crippen LogP contribution in [0.5, 0.6) is 0 Å². The van der Waals surface area contributed by atoms with Crippen molar-refractivity contribution in [1.82, 2.24) is 5.32 Å². The Labute approximate surface area is 303 Å². The van der Waals surface area contributed by atoms with Crippen LogP contribution in [0.4, 0.5) is 0 Å². The third-order valence-corrected chi connectivity index (χ3v) is 11.5. The van der Waals surface area contributed by atoms with Crippen LogP contribution in [0.2, 0.25) is 0 Å². The molecular formula is C47H29N3OS. The quantitative estimate of drug-likeness (QED) is 0.188. The Hall–Kier alpha value is -6.56. The van der Waals surface area contributed by atoms with Gasteiger partial charge in [0, 0.05) is 37.4 Å². The number of hydrogen-bond acceptors (Lipinski definition) is 5. The van der Waals surface area contributed by atoms with Crippen molar-refractivity contribution in [2.24, 2.45) is 9.98 Å². The smallest absolute Gasteiger partial charge is 0.159 e. The summed E-state index contributed by atoms with van der Waals surface area (Å²) in [6.07, 6.45) is -0.317. The molecule has 3 heterocycles. The van der Waals surface area contributed by atoms with Crippen molar-refractivity contribution in [2.45, 2.75) is 6.17 Å². The largest absolute Gasteiger partial charge is 0.455 e. The van der Waals surface area contributed by atoms with Crippen molar-refractivity contribution < 1.29 is 4.42 Å². The van der Waals surface area contributed by atoms with Crippen LogP contribution in [0.15, 0.2) is 178 Å². The number of amidine groups is 2. The number of benzene rings is 8. The van der Waals surface area contributed by atoms with E-state index in [1.165, 1.54) is 31.6 Å². The number of nitrogens with one attached hydrogen (secondary N) is 1. The molecule has 11 rings (SSSR count). The highest BCUT2D eigenvalue weighted by molar-refractivity contribution is 7.26. The first kappa shape index (κ1) is 29.2. The minimum atomic E-state index is -0.317. The number of para-hydroxylation sites is 1. The van der Waals surface area contributed by atoms with Gasteiger partial charge >= 0.3 is 0 Å². The van der Waals surface area contributed by atoms with Crippen molar-refractivity contribution >= 4 is 86.7 Å². The number of thiophene rings is 1. The van der Waals surface area contributed by atoms with E-state index < -0.39 is 0 Å². The first-order valence-corrected chi connectivity index (χ1v) is 18.3. The molecular weight excluding hydrogens is 655 g/mol. The molecule has 5 heteroatoms. The van der Waals surface area contributed by atoms with E-state index in [2.05, 4.69) is 151 Å². The summed E-state index contributed by atoms with van der Waals surface area (Å²) in [5.74, 6) is 1.49. The SMILES string of the molecule is c1ccc(C2N=C(c3cccc(-c4ccc5c(ccc6ccccc65)c4)c3)N=C(c3cc4c5ccccc5oc4c4c3sc3ccccc34)N2)cc1. The lowest BCUT2D eigenvalue weighted by molar-refractivity contribution is 0.672. The van der Waals surface area contributed by atoms with Crippen LogP contribution in [0.3, 0.4) is 0 Å². The lowest BCUT2D eigenvalue weighted by atomic mass is 9.96. The fourth-order valence-corrected chi connectivity index (χ4v) is 9.01. The van der Waals surface area contributed by atoms with Gasteiger partial charge in [-0.25, -0.2) is 9.98 Å². The predicted molar refractivity (Wildman–Crippen MR) is 219 cm³/mol. The number of rotatable bonds is 4. The van der Waals surface area contributed by atoms with Gasteiger partial charge in [0.05, 0.1) is 4.70 Å². The van der Waals surface area contributed by atoms with E-state index in [0.29, 0.717) is 5.84 Å². The average molecular weight is 684 g/mol. The second-order valence-electron chi connectivity index (χ2n) is 13.4. The van der Waals surface area contributed by atoms with Gasteiger partial charge < -0.3 is 9.73 Å². The van der Waals surface area contributed by atoms with Crippen molar-refractivity contribution in [3.63, 3.8) is 0 Å². The lowest BCUT2D eigenvalue weighted by Crippen LogP contribution is -2.33. The molecule has 244 valence electrons. The first-order chi connectivity index (χ1) is 25.7. The summed E-state index contributed by atoms with van der Waals surface area (Å²) in [6, 6.07) is 57.9. The van der Waals surface area contributed by atoms with Crippen LogP contribution in [0, 0.1) is 0 Å². The van der Waals surface area contributed by atoms with E-state index in [-0.39, 0.29) is 6.17 Å². The van der Waals surface area contributed by atoms with Gasteiger partial charge in [-0.15, -0.1) is 11.3 Å². The van der Waals surface area contributed by atoms with Crippen LogP contribution in [-0.2, 0) is 0 Å². The second-order valence-corrected chi connectivity index (χ2v) is 14.4. The monoisotopic (exact) mass is 683 g/mol.